The van der Waals surface area contributed by atoms with Gasteiger partial charge in [-0.05, 0) is 56.0 Å². The lowest BCUT2D eigenvalue weighted by Crippen LogP contribution is -2.52. The molecule has 1 aliphatic carbocycles. The van der Waals surface area contributed by atoms with E-state index in [2.05, 4.69) is 48.7 Å². The summed E-state index contributed by atoms with van der Waals surface area (Å²) in [6.45, 7) is 9.34. The highest BCUT2D eigenvalue weighted by atomic mass is 16.5. The van der Waals surface area contributed by atoms with Gasteiger partial charge in [0.1, 0.15) is 0 Å². The number of methoxy groups -OCH3 is 1. The van der Waals surface area contributed by atoms with Crippen molar-refractivity contribution in [3.05, 3.63) is 35.9 Å². The van der Waals surface area contributed by atoms with E-state index in [0.717, 1.165) is 57.8 Å². The fraction of sp³-hybridized carbons (Fsp3) is 0.774. The van der Waals surface area contributed by atoms with Gasteiger partial charge in [-0.25, -0.2) is 4.79 Å². The maximum Gasteiger partial charge on any atom is 0.317 e. The molecule has 210 valence electrons. The Morgan fingerprint density at radius 1 is 1.05 bits per heavy atom. The van der Waals surface area contributed by atoms with E-state index < -0.39 is 0 Å². The molecule has 0 radical (unpaired) electrons. The van der Waals surface area contributed by atoms with Crippen molar-refractivity contribution < 1.29 is 14.3 Å². The van der Waals surface area contributed by atoms with Crippen molar-refractivity contribution in [1.29, 1.82) is 0 Å². The molecule has 37 heavy (non-hydrogen) atoms. The Morgan fingerprint density at radius 3 is 2.57 bits per heavy atom. The highest BCUT2D eigenvalue weighted by molar-refractivity contribution is 5.74. The van der Waals surface area contributed by atoms with Crippen LogP contribution in [-0.2, 0) is 9.47 Å². The second-order valence-electron chi connectivity index (χ2n) is 11.7. The number of piperidine rings is 1. The fourth-order valence-corrected chi connectivity index (χ4v) is 5.95. The number of ether oxygens (including phenoxy) is 2. The number of rotatable bonds is 15. The highest BCUT2D eigenvalue weighted by Gasteiger charge is 2.32. The van der Waals surface area contributed by atoms with Crippen molar-refractivity contribution in [1.82, 2.24) is 15.5 Å². The lowest BCUT2D eigenvalue weighted by molar-refractivity contribution is -0.0168. The van der Waals surface area contributed by atoms with Gasteiger partial charge in [-0.15, -0.1) is 0 Å². The predicted octanol–water partition coefficient (Wildman–Crippen LogP) is 6.18. The number of carbonyl (C=O) groups is 1. The van der Waals surface area contributed by atoms with Gasteiger partial charge in [0.25, 0.3) is 0 Å². The van der Waals surface area contributed by atoms with Crippen LogP contribution in [0.1, 0.15) is 89.7 Å². The normalized spacial score (nSPS) is 20.6. The van der Waals surface area contributed by atoms with E-state index >= 15 is 0 Å². The molecule has 2 amide bonds. The monoisotopic (exact) mass is 515 g/mol. The molecule has 2 N–H and O–H groups in total. The molecular formula is C31H53N3O3. The molecule has 3 atom stereocenters. The molecule has 1 saturated carbocycles. The molecule has 1 saturated heterocycles. The molecule has 1 aliphatic heterocycles. The number of benzene rings is 1. The number of urea groups is 1. The minimum atomic E-state index is 0.00407. The van der Waals surface area contributed by atoms with Gasteiger partial charge in [0.2, 0.25) is 0 Å². The SMILES string of the molecule is COCCCO[C@@H](c1ccccc1)[C@@H]1CCCN(C(=O)N[C@H](CNCCC(C)C)CC2CCCCC2)C1. The summed E-state index contributed by atoms with van der Waals surface area (Å²) in [6.07, 6.45) is 11.9. The quantitative estimate of drug-likeness (QED) is 0.274. The number of nitrogens with zero attached hydrogens (tertiary/aromatic N) is 1. The van der Waals surface area contributed by atoms with Gasteiger partial charge in [0.05, 0.1) is 6.10 Å². The van der Waals surface area contributed by atoms with Crippen LogP contribution in [0.5, 0.6) is 0 Å². The van der Waals surface area contributed by atoms with Gasteiger partial charge in [0.15, 0.2) is 0 Å². The summed E-state index contributed by atoms with van der Waals surface area (Å²) in [5.74, 6) is 1.73. The number of likely N-dealkylation sites (tertiary alicyclic amines) is 1. The van der Waals surface area contributed by atoms with E-state index in [1.807, 2.05) is 11.0 Å². The minimum Gasteiger partial charge on any atom is -0.385 e. The molecule has 0 spiro atoms. The van der Waals surface area contributed by atoms with Crippen molar-refractivity contribution in [2.45, 2.75) is 90.2 Å². The molecular weight excluding hydrogens is 462 g/mol. The molecule has 2 aliphatic rings. The van der Waals surface area contributed by atoms with E-state index in [1.165, 1.54) is 44.1 Å². The molecule has 1 aromatic carbocycles. The number of amides is 2. The van der Waals surface area contributed by atoms with Crippen molar-refractivity contribution in [3.63, 3.8) is 0 Å². The standard InChI is InChI=1S/C31H53N3O3/c1-25(2)17-18-32-23-29(22-26-12-6-4-7-13-26)33-31(35)34-19-10-16-28(24-34)30(37-21-11-20-36-3)27-14-8-5-9-15-27/h5,8-9,14-15,25-26,28-30,32H,4,6-7,10-13,16-24H2,1-3H3,(H,33,35)/t28-,29+,30+/m1/s1. The van der Waals surface area contributed by atoms with E-state index in [0.29, 0.717) is 25.0 Å². The third-order valence-electron chi connectivity index (χ3n) is 8.05. The topological polar surface area (TPSA) is 62.8 Å². The molecule has 0 bridgehead atoms. The van der Waals surface area contributed by atoms with Gasteiger partial charge in [0, 0.05) is 51.9 Å². The predicted molar refractivity (Wildman–Crippen MR) is 152 cm³/mol. The maximum absolute atomic E-state index is 13.5. The zero-order chi connectivity index (χ0) is 26.3. The van der Waals surface area contributed by atoms with Gasteiger partial charge in [-0.1, -0.05) is 76.3 Å². The molecule has 1 heterocycles. The molecule has 6 nitrogen and oxygen atoms in total. The minimum absolute atomic E-state index is 0.00407. The summed E-state index contributed by atoms with van der Waals surface area (Å²) >= 11 is 0. The fourth-order valence-electron chi connectivity index (χ4n) is 5.95. The Hall–Kier alpha value is -1.63. The molecule has 2 fully saturated rings. The van der Waals surface area contributed by atoms with Crippen molar-refractivity contribution in [2.75, 3.05) is 46.5 Å². The van der Waals surface area contributed by atoms with Gasteiger partial charge in [-0.3, -0.25) is 0 Å². The van der Waals surface area contributed by atoms with Crippen LogP contribution in [0.2, 0.25) is 0 Å². The number of carbonyl (C=O) groups excluding carboxylic acids is 1. The van der Waals surface area contributed by atoms with Crippen LogP contribution in [0, 0.1) is 17.8 Å². The van der Waals surface area contributed by atoms with Gasteiger partial charge < -0.3 is 25.0 Å². The Kier molecular flexibility index (Phi) is 13.8. The molecule has 0 aromatic heterocycles. The third-order valence-corrected chi connectivity index (χ3v) is 8.05. The zero-order valence-electron chi connectivity index (χ0n) is 23.8. The molecule has 3 rings (SSSR count). The Bertz CT molecular complexity index is 738. The second-order valence-corrected chi connectivity index (χ2v) is 11.7. The van der Waals surface area contributed by atoms with E-state index in [9.17, 15) is 4.79 Å². The third kappa shape index (κ3) is 10.9. The van der Waals surface area contributed by atoms with Crippen LogP contribution in [0.3, 0.4) is 0 Å². The summed E-state index contributed by atoms with van der Waals surface area (Å²) in [5, 5.41) is 7.08. The van der Waals surface area contributed by atoms with E-state index in [4.69, 9.17) is 9.47 Å². The number of hydrogen-bond acceptors (Lipinski definition) is 4. The summed E-state index contributed by atoms with van der Waals surface area (Å²) in [4.78, 5) is 15.6. The van der Waals surface area contributed by atoms with Crippen LogP contribution < -0.4 is 10.6 Å². The molecule has 1 aromatic rings. The first-order valence-corrected chi connectivity index (χ1v) is 15.0. The van der Waals surface area contributed by atoms with Crippen molar-refractivity contribution in [3.8, 4) is 0 Å². The highest BCUT2D eigenvalue weighted by Crippen LogP contribution is 2.33. The lowest BCUT2D eigenvalue weighted by atomic mass is 9.84. The summed E-state index contributed by atoms with van der Waals surface area (Å²) < 4.78 is 11.6. The van der Waals surface area contributed by atoms with Crippen molar-refractivity contribution >= 4 is 6.03 Å². The first-order valence-electron chi connectivity index (χ1n) is 15.0. The Balaban J connectivity index is 1.59. The first-order chi connectivity index (χ1) is 18.1. The van der Waals surface area contributed by atoms with Gasteiger partial charge >= 0.3 is 6.03 Å². The smallest absolute Gasteiger partial charge is 0.317 e. The number of hydrogen-bond donors (Lipinski definition) is 2. The van der Waals surface area contributed by atoms with Crippen LogP contribution >= 0.6 is 0 Å². The largest absolute Gasteiger partial charge is 0.385 e. The zero-order valence-corrected chi connectivity index (χ0v) is 23.8. The Morgan fingerprint density at radius 2 is 1.84 bits per heavy atom. The average Bonchev–Trinajstić information content (AvgIpc) is 2.92. The van der Waals surface area contributed by atoms with Crippen LogP contribution in [0.25, 0.3) is 0 Å². The van der Waals surface area contributed by atoms with Crippen molar-refractivity contribution in [2.24, 2.45) is 17.8 Å². The van der Waals surface area contributed by atoms with E-state index in [-0.39, 0.29) is 18.2 Å². The van der Waals surface area contributed by atoms with Crippen LogP contribution in [-0.4, -0.2) is 63.5 Å². The van der Waals surface area contributed by atoms with Crippen LogP contribution in [0.4, 0.5) is 4.79 Å². The summed E-state index contributed by atoms with van der Waals surface area (Å²) in [5.41, 5.74) is 1.21. The maximum atomic E-state index is 13.5. The summed E-state index contributed by atoms with van der Waals surface area (Å²) in [7, 11) is 1.73. The first kappa shape index (κ1) is 29.9. The van der Waals surface area contributed by atoms with E-state index in [1.54, 1.807) is 7.11 Å². The van der Waals surface area contributed by atoms with Gasteiger partial charge in [-0.2, -0.15) is 0 Å². The molecule has 6 heteroatoms. The number of nitrogens with one attached hydrogen (secondary N) is 2. The summed E-state index contributed by atoms with van der Waals surface area (Å²) in [6, 6.07) is 10.8. The average molecular weight is 516 g/mol. The molecule has 0 unspecified atom stereocenters. The van der Waals surface area contributed by atoms with Crippen LogP contribution in [0.15, 0.2) is 30.3 Å². The Labute approximate surface area is 226 Å². The lowest BCUT2D eigenvalue weighted by Gasteiger charge is -2.38. The second kappa shape index (κ2) is 17.1.